The summed E-state index contributed by atoms with van der Waals surface area (Å²) in [5, 5.41) is 9.39. The lowest BCUT2D eigenvalue weighted by atomic mass is 9.86. The summed E-state index contributed by atoms with van der Waals surface area (Å²) in [6.07, 6.45) is 11.6. The van der Waals surface area contributed by atoms with E-state index in [1.807, 2.05) is 18.2 Å². The number of aryl methyl sites for hydroxylation is 1. The van der Waals surface area contributed by atoms with Crippen LogP contribution in [0.25, 0.3) is 0 Å². The molecule has 28 heavy (non-hydrogen) atoms. The number of hydrogen-bond acceptors (Lipinski definition) is 4. The molecule has 1 saturated heterocycles. The fraction of sp³-hybridized carbons (Fsp3) is 0.708. The van der Waals surface area contributed by atoms with E-state index in [0.29, 0.717) is 6.42 Å². The summed E-state index contributed by atoms with van der Waals surface area (Å²) in [5.41, 5.74) is 1.18. The SMILES string of the molecule is O=C1C(CCCCCN2CCCCCC2)CCc2ccccc2OC1CCO. The summed E-state index contributed by atoms with van der Waals surface area (Å²) in [5.74, 6) is 1.06. The largest absolute Gasteiger partial charge is 0.482 e. The van der Waals surface area contributed by atoms with Gasteiger partial charge in [-0.3, -0.25) is 4.79 Å². The highest BCUT2D eigenvalue weighted by Crippen LogP contribution is 2.30. The number of para-hydroxylation sites is 1. The van der Waals surface area contributed by atoms with Crippen LogP contribution in [0.1, 0.15) is 69.8 Å². The van der Waals surface area contributed by atoms with E-state index in [1.165, 1.54) is 63.7 Å². The fourth-order valence-corrected chi connectivity index (χ4v) is 4.64. The Morgan fingerprint density at radius 3 is 2.57 bits per heavy atom. The van der Waals surface area contributed by atoms with Gasteiger partial charge in [-0.1, -0.05) is 43.9 Å². The number of aliphatic hydroxyl groups is 1. The second-order valence-corrected chi connectivity index (χ2v) is 8.47. The lowest BCUT2D eigenvalue weighted by Crippen LogP contribution is -2.36. The molecule has 2 atom stereocenters. The van der Waals surface area contributed by atoms with E-state index < -0.39 is 6.10 Å². The Balaban J connectivity index is 1.47. The van der Waals surface area contributed by atoms with Crippen LogP contribution in [0.15, 0.2) is 24.3 Å². The quantitative estimate of drug-likeness (QED) is 0.673. The smallest absolute Gasteiger partial charge is 0.176 e. The van der Waals surface area contributed by atoms with Crippen LogP contribution in [-0.2, 0) is 11.2 Å². The van der Waals surface area contributed by atoms with Crippen molar-refractivity contribution in [3.05, 3.63) is 29.8 Å². The van der Waals surface area contributed by atoms with Gasteiger partial charge in [-0.25, -0.2) is 0 Å². The van der Waals surface area contributed by atoms with Crippen molar-refractivity contribution < 1.29 is 14.6 Å². The van der Waals surface area contributed by atoms with Crippen molar-refractivity contribution in [2.45, 2.75) is 76.7 Å². The number of carbonyl (C=O) groups excluding carboxylic acids is 1. The third kappa shape index (κ3) is 6.31. The van der Waals surface area contributed by atoms with E-state index in [1.54, 1.807) is 0 Å². The molecular weight excluding hydrogens is 350 g/mol. The maximum Gasteiger partial charge on any atom is 0.176 e. The van der Waals surface area contributed by atoms with Gasteiger partial charge in [0.05, 0.1) is 0 Å². The van der Waals surface area contributed by atoms with Crippen molar-refractivity contribution in [3.63, 3.8) is 0 Å². The first-order chi connectivity index (χ1) is 13.8. The molecule has 156 valence electrons. The topological polar surface area (TPSA) is 49.8 Å². The van der Waals surface area contributed by atoms with Gasteiger partial charge in [0.25, 0.3) is 0 Å². The molecular formula is C24H37NO3. The molecule has 2 unspecified atom stereocenters. The molecule has 2 aliphatic heterocycles. The Hall–Kier alpha value is -1.39. The van der Waals surface area contributed by atoms with E-state index >= 15 is 0 Å². The van der Waals surface area contributed by atoms with E-state index in [4.69, 9.17) is 4.74 Å². The number of hydrogen-bond donors (Lipinski definition) is 1. The van der Waals surface area contributed by atoms with Crippen molar-refractivity contribution in [3.8, 4) is 5.75 Å². The van der Waals surface area contributed by atoms with Crippen LogP contribution in [0.5, 0.6) is 5.75 Å². The highest BCUT2D eigenvalue weighted by atomic mass is 16.5. The van der Waals surface area contributed by atoms with Crippen LogP contribution in [-0.4, -0.2) is 48.1 Å². The number of Topliss-reactive ketones (excluding diaryl/α,β-unsaturated/α-hetero) is 1. The minimum Gasteiger partial charge on any atom is -0.482 e. The zero-order chi connectivity index (χ0) is 19.6. The molecule has 0 radical (unpaired) electrons. The summed E-state index contributed by atoms with van der Waals surface area (Å²) < 4.78 is 6.02. The van der Waals surface area contributed by atoms with Crippen molar-refractivity contribution in [1.82, 2.24) is 4.90 Å². The van der Waals surface area contributed by atoms with Crippen LogP contribution in [0, 0.1) is 5.92 Å². The number of fused-ring (bicyclic) bond motifs is 1. The van der Waals surface area contributed by atoms with E-state index in [9.17, 15) is 9.90 Å². The summed E-state index contributed by atoms with van der Waals surface area (Å²) in [6.45, 7) is 3.73. The average molecular weight is 388 g/mol. The van der Waals surface area contributed by atoms with E-state index in [-0.39, 0.29) is 18.3 Å². The second kappa shape index (κ2) is 11.6. The molecule has 0 spiro atoms. The molecule has 2 aliphatic rings. The van der Waals surface area contributed by atoms with Crippen LogP contribution < -0.4 is 4.74 Å². The molecule has 3 rings (SSSR count). The van der Waals surface area contributed by atoms with Gasteiger partial charge in [0.1, 0.15) is 5.75 Å². The first-order valence-electron chi connectivity index (χ1n) is 11.4. The van der Waals surface area contributed by atoms with Crippen LogP contribution >= 0.6 is 0 Å². The van der Waals surface area contributed by atoms with Gasteiger partial charge in [0.2, 0.25) is 0 Å². The van der Waals surface area contributed by atoms with Gasteiger partial charge in [0, 0.05) is 18.9 Å². The molecule has 0 bridgehead atoms. The third-order valence-electron chi connectivity index (χ3n) is 6.34. The van der Waals surface area contributed by atoms with Crippen molar-refractivity contribution in [1.29, 1.82) is 0 Å². The molecule has 0 aliphatic carbocycles. The average Bonchev–Trinajstić information content (AvgIpc) is 2.98. The number of likely N-dealkylation sites (tertiary alicyclic amines) is 1. The number of carbonyl (C=O) groups is 1. The Morgan fingerprint density at radius 1 is 1.00 bits per heavy atom. The van der Waals surface area contributed by atoms with Gasteiger partial charge in [-0.15, -0.1) is 0 Å². The van der Waals surface area contributed by atoms with Crippen molar-refractivity contribution >= 4 is 5.78 Å². The standard InChI is InChI=1S/C24H37NO3/c26-19-15-23-24(27)21(14-13-20-10-5-6-12-22(20)28-23)11-4-3-9-18-25-16-7-1-2-8-17-25/h5-6,10,12,21,23,26H,1-4,7-9,11,13-19H2. The zero-order valence-electron chi connectivity index (χ0n) is 17.3. The maximum atomic E-state index is 13.0. The zero-order valence-corrected chi connectivity index (χ0v) is 17.3. The number of aliphatic hydroxyl groups excluding tert-OH is 1. The molecule has 4 nitrogen and oxygen atoms in total. The van der Waals surface area contributed by atoms with E-state index in [2.05, 4.69) is 11.0 Å². The number of nitrogens with zero attached hydrogens (tertiary/aromatic N) is 1. The number of ketones is 1. The maximum absolute atomic E-state index is 13.0. The van der Waals surface area contributed by atoms with Crippen molar-refractivity contribution in [2.75, 3.05) is 26.2 Å². The number of rotatable bonds is 8. The Kier molecular flexibility index (Phi) is 8.81. The Labute approximate surface area is 170 Å². The fourth-order valence-electron chi connectivity index (χ4n) is 4.64. The molecule has 4 heteroatoms. The second-order valence-electron chi connectivity index (χ2n) is 8.47. The number of ether oxygens (including phenoxy) is 1. The minimum atomic E-state index is -0.506. The van der Waals surface area contributed by atoms with Gasteiger partial charge in [-0.2, -0.15) is 0 Å². The van der Waals surface area contributed by atoms with Gasteiger partial charge >= 0.3 is 0 Å². The molecule has 1 aromatic carbocycles. The molecule has 0 aromatic heterocycles. The predicted octanol–water partition coefficient (Wildman–Crippen LogP) is 4.38. The van der Waals surface area contributed by atoms with E-state index in [0.717, 1.165) is 31.4 Å². The van der Waals surface area contributed by atoms with Crippen LogP contribution in [0.4, 0.5) is 0 Å². The van der Waals surface area contributed by atoms with Gasteiger partial charge in [0.15, 0.2) is 11.9 Å². The Bertz CT molecular complexity index is 595. The van der Waals surface area contributed by atoms with Gasteiger partial charge in [-0.05, 0) is 69.8 Å². The lowest BCUT2D eigenvalue weighted by molar-refractivity contribution is -0.131. The number of benzene rings is 1. The number of unbranched alkanes of at least 4 members (excludes halogenated alkanes) is 2. The minimum absolute atomic E-state index is 0.0128. The summed E-state index contributed by atoms with van der Waals surface area (Å²) in [7, 11) is 0. The lowest BCUT2D eigenvalue weighted by Gasteiger charge is -2.27. The molecule has 1 N–H and O–H groups in total. The van der Waals surface area contributed by atoms with Crippen LogP contribution in [0.3, 0.4) is 0 Å². The van der Waals surface area contributed by atoms with Crippen molar-refractivity contribution in [2.24, 2.45) is 5.92 Å². The molecule has 1 fully saturated rings. The monoisotopic (exact) mass is 387 g/mol. The summed E-state index contributed by atoms with van der Waals surface area (Å²) in [6, 6.07) is 8.02. The first-order valence-corrected chi connectivity index (χ1v) is 11.4. The molecule has 0 saturated carbocycles. The van der Waals surface area contributed by atoms with Gasteiger partial charge < -0.3 is 14.7 Å². The molecule has 2 heterocycles. The predicted molar refractivity (Wildman–Crippen MR) is 113 cm³/mol. The molecule has 1 aromatic rings. The Morgan fingerprint density at radius 2 is 1.79 bits per heavy atom. The summed E-state index contributed by atoms with van der Waals surface area (Å²) in [4.78, 5) is 15.6. The first kappa shape index (κ1) is 21.3. The third-order valence-corrected chi connectivity index (χ3v) is 6.34. The normalized spacial score (nSPS) is 24.0. The molecule has 0 amide bonds. The van der Waals surface area contributed by atoms with Crippen LogP contribution in [0.2, 0.25) is 0 Å². The highest BCUT2D eigenvalue weighted by Gasteiger charge is 2.30. The highest BCUT2D eigenvalue weighted by molar-refractivity contribution is 5.86. The summed E-state index contributed by atoms with van der Waals surface area (Å²) >= 11 is 0.